The van der Waals surface area contributed by atoms with Crippen molar-refractivity contribution < 1.29 is 9.59 Å². The van der Waals surface area contributed by atoms with Gasteiger partial charge in [-0.3, -0.25) is 9.59 Å². The van der Waals surface area contributed by atoms with Gasteiger partial charge in [0.15, 0.2) is 0 Å². The van der Waals surface area contributed by atoms with Crippen molar-refractivity contribution in [3.05, 3.63) is 50.6 Å². The lowest BCUT2D eigenvalue weighted by Gasteiger charge is -2.31. The fourth-order valence-corrected chi connectivity index (χ4v) is 3.93. The maximum atomic E-state index is 12.4. The zero-order valence-corrected chi connectivity index (χ0v) is 15.8. The quantitative estimate of drug-likeness (QED) is 0.828. The van der Waals surface area contributed by atoms with Crippen LogP contribution in [0.5, 0.6) is 0 Å². The van der Waals surface area contributed by atoms with Gasteiger partial charge in [-0.15, -0.1) is 11.3 Å². The molecule has 2 amide bonds. The first kappa shape index (κ1) is 18.2. The van der Waals surface area contributed by atoms with E-state index in [9.17, 15) is 9.59 Å². The van der Waals surface area contributed by atoms with Gasteiger partial charge >= 0.3 is 0 Å². The minimum Gasteiger partial charge on any atom is -0.342 e. The molecule has 132 valence electrons. The maximum Gasteiger partial charge on any atom is 0.227 e. The fraction of sp³-hybridized carbons (Fsp3) is 0.333. The summed E-state index contributed by atoms with van der Waals surface area (Å²) >= 11 is 13.6. The van der Waals surface area contributed by atoms with Crippen molar-refractivity contribution in [3.8, 4) is 0 Å². The Morgan fingerprint density at radius 2 is 1.96 bits per heavy atom. The van der Waals surface area contributed by atoms with Gasteiger partial charge in [0.05, 0.1) is 17.1 Å². The number of hydrogen-bond donors (Lipinski definition) is 1. The monoisotopic (exact) mass is 396 g/mol. The third-order valence-corrected chi connectivity index (χ3v) is 5.75. The summed E-state index contributed by atoms with van der Waals surface area (Å²) in [4.78, 5) is 27.7. The number of piperidine rings is 1. The molecule has 0 bridgehead atoms. The first-order chi connectivity index (χ1) is 12.0. The number of thiophene rings is 1. The van der Waals surface area contributed by atoms with Crippen LogP contribution in [-0.4, -0.2) is 29.8 Å². The summed E-state index contributed by atoms with van der Waals surface area (Å²) in [6.07, 6.45) is 1.74. The van der Waals surface area contributed by atoms with Crippen LogP contribution in [0, 0.1) is 5.92 Å². The molecular weight excluding hydrogens is 379 g/mol. The minimum absolute atomic E-state index is 0.0745. The predicted molar refractivity (Wildman–Crippen MR) is 102 cm³/mol. The lowest BCUT2D eigenvalue weighted by molar-refractivity contribution is -0.133. The highest BCUT2D eigenvalue weighted by Crippen LogP contribution is 2.27. The summed E-state index contributed by atoms with van der Waals surface area (Å²) in [7, 11) is 0. The van der Waals surface area contributed by atoms with Gasteiger partial charge in [0.2, 0.25) is 11.8 Å². The molecule has 7 heteroatoms. The highest BCUT2D eigenvalue weighted by atomic mass is 35.5. The Morgan fingerprint density at radius 1 is 1.20 bits per heavy atom. The number of benzene rings is 1. The summed E-state index contributed by atoms with van der Waals surface area (Å²) in [6.45, 7) is 1.21. The number of amides is 2. The van der Waals surface area contributed by atoms with Crippen molar-refractivity contribution in [2.45, 2.75) is 19.3 Å². The Hall–Kier alpha value is -1.56. The molecule has 0 radical (unpaired) electrons. The molecular formula is C18H18Cl2N2O2S. The van der Waals surface area contributed by atoms with Crippen LogP contribution in [0.2, 0.25) is 10.0 Å². The molecule has 1 N–H and O–H groups in total. The van der Waals surface area contributed by atoms with E-state index in [0.717, 1.165) is 4.88 Å². The molecule has 2 aromatic rings. The number of halogens is 2. The molecule has 4 nitrogen and oxygen atoms in total. The molecule has 0 atom stereocenters. The van der Waals surface area contributed by atoms with E-state index < -0.39 is 0 Å². The highest BCUT2D eigenvalue weighted by Gasteiger charge is 2.27. The lowest BCUT2D eigenvalue weighted by atomic mass is 9.95. The van der Waals surface area contributed by atoms with E-state index >= 15 is 0 Å². The minimum atomic E-state index is -0.124. The first-order valence-electron chi connectivity index (χ1n) is 8.09. The van der Waals surface area contributed by atoms with Crippen molar-refractivity contribution >= 4 is 52.0 Å². The summed E-state index contributed by atoms with van der Waals surface area (Å²) < 4.78 is 0. The number of nitrogens with one attached hydrogen (secondary N) is 1. The van der Waals surface area contributed by atoms with Crippen LogP contribution in [0.4, 0.5) is 5.69 Å². The number of nitrogens with zero attached hydrogens (tertiary/aromatic N) is 1. The molecule has 3 rings (SSSR count). The van der Waals surface area contributed by atoms with Crippen molar-refractivity contribution in [2.75, 3.05) is 18.4 Å². The largest absolute Gasteiger partial charge is 0.342 e. The van der Waals surface area contributed by atoms with Crippen LogP contribution >= 0.6 is 34.5 Å². The number of carbonyl (C=O) groups is 2. The van der Waals surface area contributed by atoms with Gasteiger partial charge in [-0.05, 0) is 42.5 Å². The number of rotatable bonds is 4. The van der Waals surface area contributed by atoms with Crippen molar-refractivity contribution in [1.82, 2.24) is 4.90 Å². The van der Waals surface area contributed by atoms with Crippen molar-refractivity contribution in [2.24, 2.45) is 5.92 Å². The van der Waals surface area contributed by atoms with Gasteiger partial charge in [0.1, 0.15) is 0 Å². The van der Waals surface area contributed by atoms with E-state index in [2.05, 4.69) is 5.32 Å². The van der Waals surface area contributed by atoms with Crippen LogP contribution in [0.1, 0.15) is 17.7 Å². The molecule has 1 fully saturated rings. The average molecular weight is 397 g/mol. The second kappa shape index (κ2) is 8.21. The molecule has 0 aliphatic carbocycles. The van der Waals surface area contributed by atoms with E-state index in [1.807, 2.05) is 22.4 Å². The van der Waals surface area contributed by atoms with E-state index in [0.29, 0.717) is 48.1 Å². The second-order valence-corrected chi connectivity index (χ2v) is 7.90. The Morgan fingerprint density at radius 3 is 2.64 bits per heavy atom. The zero-order valence-electron chi connectivity index (χ0n) is 13.5. The standard InChI is InChI=1S/C18H18Cl2N2O2S/c19-13-3-4-15(20)16(10-13)21-18(24)12-5-7-22(8-6-12)17(23)11-14-2-1-9-25-14/h1-4,9-10,12H,5-8,11H2,(H,21,24). The SMILES string of the molecule is O=C(Nc1cc(Cl)ccc1Cl)C1CCN(C(=O)Cc2cccs2)CC1. The van der Waals surface area contributed by atoms with Crippen LogP contribution in [0.3, 0.4) is 0 Å². The summed E-state index contributed by atoms with van der Waals surface area (Å²) in [5.41, 5.74) is 0.523. The van der Waals surface area contributed by atoms with E-state index in [1.165, 1.54) is 0 Å². The number of likely N-dealkylation sites (tertiary alicyclic amines) is 1. The Balaban J connectivity index is 1.52. The molecule has 0 saturated carbocycles. The molecule has 1 aliphatic heterocycles. The molecule has 1 aromatic heterocycles. The second-order valence-electron chi connectivity index (χ2n) is 6.02. The Kier molecular flexibility index (Phi) is 5.99. The molecule has 1 saturated heterocycles. The van der Waals surface area contributed by atoms with Gasteiger partial charge in [-0.25, -0.2) is 0 Å². The lowest BCUT2D eigenvalue weighted by Crippen LogP contribution is -2.42. The summed E-state index contributed by atoms with van der Waals surface area (Å²) in [5.74, 6) is -0.0745. The molecule has 2 heterocycles. The van der Waals surface area contributed by atoms with Gasteiger partial charge in [-0.1, -0.05) is 29.3 Å². The summed E-state index contributed by atoms with van der Waals surface area (Å²) in [5, 5.41) is 5.80. The third-order valence-electron chi connectivity index (χ3n) is 4.31. The predicted octanol–water partition coefficient (Wildman–Crippen LogP) is 4.47. The molecule has 1 aliphatic rings. The molecule has 1 aromatic carbocycles. The molecule has 0 spiro atoms. The smallest absolute Gasteiger partial charge is 0.227 e. The fourth-order valence-electron chi connectivity index (χ4n) is 2.89. The number of anilines is 1. The normalized spacial score (nSPS) is 15.2. The van der Waals surface area contributed by atoms with Crippen molar-refractivity contribution in [3.63, 3.8) is 0 Å². The Bertz CT molecular complexity index is 756. The molecule has 0 unspecified atom stereocenters. The van der Waals surface area contributed by atoms with E-state index in [-0.39, 0.29) is 17.7 Å². The summed E-state index contributed by atoms with van der Waals surface area (Å²) in [6, 6.07) is 8.90. The third kappa shape index (κ3) is 4.75. The number of hydrogen-bond acceptors (Lipinski definition) is 3. The van der Waals surface area contributed by atoms with Crippen LogP contribution in [0.25, 0.3) is 0 Å². The van der Waals surface area contributed by atoms with Gasteiger partial charge in [0, 0.05) is 28.9 Å². The van der Waals surface area contributed by atoms with Gasteiger partial charge in [-0.2, -0.15) is 0 Å². The molecule has 25 heavy (non-hydrogen) atoms. The van der Waals surface area contributed by atoms with E-state index in [4.69, 9.17) is 23.2 Å². The Labute approximate surface area is 160 Å². The van der Waals surface area contributed by atoms with Crippen molar-refractivity contribution in [1.29, 1.82) is 0 Å². The highest BCUT2D eigenvalue weighted by molar-refractivity contribution is 7.10. The maximum absolute atomic E-state index is 12.4. The number of carbonyl (C=O) groups excluding carboxylic acids is 2. The average Bonchev–Trinajstić information content (AvgIpc) is 3.11. The zero-order chi connectivity index (χ0) is 17.8. The van der Waals surface area contributed by atoms with Crippen LogP contribution in [0.15, 0.2) is 35.7 Å². The van der Waals surface area contributed by atoms with Gasteiger partial charge in [0.25, 0.3) is 0 Å². The van der Waals surface area contributed by atoms with Crippen LogP contribution in [-0.2, 0) is 16.0 Å². The first-order valence-corrected chi connectivity index (χ1v) is 9.72. The van der Waals surface area contributed by atoms with E-state index in [1.54, 1.807) is 29.5 Å². The topological polar surface area (TPSA) is 49.4 Å². The van der Waals surface area contributed by atoms with Gasteiger partial charge < -0.3 is 10.2 Å². The van der Waals surface area contributed by atoms with Crippen LogP contribution < -0.4 is 5.32 Å².